The standard InChI is InChI=1S/C13H10ClN3O/c1-18-11-6-3-7-17-12(15-16-13(11)17)9-4-2-5-10(14)8-9/h2-8H,1H3. The topological polar surface area (TPSA) is 39.4 Å². The first kappa shape index (κ1) is 11.0. The molecule has 0 spiro atoms. The first-order valence-corrected chi connectivity index (χ1v) is 5.81. The molecular formula is C13H10ClN3O. The predicted octanol–water partition coefficient (Wildman–Crippen LogP) is 3.06. The van der Waals surface area contributed by atoms with Crippen molar-refractivity contribution < 1.29 is 4.74 Å². The van der Waals surface area contributed by atoms with Crippen molar-refractivity contribution >= 4 is 17.2 Å². The van der Waals surface area contributed by atoms with Crippen LogP contribution in [-0.2, 0) is 0 Å². The van der Waals surface area contributed by atoms with E-state index in [0.29, 0.717) is 16.4 Å². The van der Waals surface area contributed by atoms with Crippen LogP contribution >= 0.6 is 11.6 Å². The first-order chi connectivity index (χ1) is 8.79. The second-order valence-corrected chi connectivity index (χ2v) is 4.24. The summed E-state index contributed by atoms with van der Waals surface area (Å²) in [6.07, 6.45) is 1.90. The van der Waals surface area contributed by atoms with Crippen LogP contribution in [0.1, 0.15) is 0 Å². The fourth-order valence-electron chi connectivity index (χ4n) is 1.88. The molecule has 3 aromatic rings. The Kier molecular flexibility index (Phi) is 2.64. The zero-order valence-electron chi connectivity index (χ0n) is 9.67. The Labute approximate surface area is 109 Å². The van der Waals surface area contributed by atoms with Crippen molar-refractivity contribution in [2.24, 2.45) is 0 Å². The van der Waals surface area contributed by atoms with E-state index in [0.717, 1.165) is 11.4 Å². The molecular weight excluding hydrogens is 250 g/mol. The molecule has 0 fully saturated rings. The van der Waals surface area contributed by atoms with E-state index < -0.39 is 0 Å². The average Bonchev–Trinajstić information content (AvgIpc) is 2.82. The number of fused-ring (bicyclic) bond motifs is 1. The first-order valence-electron chi connectivity index (χ1n) is 5.43. The number of hydrogen-bond acceptors (Lipinski definition) is 3. The summed E-state index contributed by atoms with van der Waals surface area (Å²) in [5.41, 5.74) is 1.61. The maximum absolute atomic E-state index is 5.99. The summed E-state index contributed by atoms with van der Waals surface area (Å²) in [6.45, 7) is 0. The van der Waals surface area contributed by atoms with Crippen molar-refractivity contribution in [3.8, 4) is 17.1 Å². The molecule has 3 rings (SSSR count). The quantitative estimate of drug-likeness (QED) is 0.710. The van der Waals surface area contributed by atoms with Gasteiger partial charge in [-0.3, -0.25) is 4.40 Å². The van der Waals surface area contributed by atoms with E-state index in [1.54, 1.807) is 7.11 Å². The molecule has 0 N–H and O–H groups in total. The molecule has 0 saturated heterocycles. The molecule has 0 unspecified atom stereocenters. The molecule has 2 heterocycles. The predicted molar refractivity (Wildman–Crippen MR) is 70.0 cm³/mol. The molecule has 18 heavy (non-hydrogen) atoms. The van der Waals surface area contributed by atoms with Gasteiger partial charge in [-0.15, -0.1) is 10.2 Å². The van der Waals surface area contributed by atoms with Gasteiger partial charge in [0, 0.05) is 16.8 Å². The van der Waals surface area contributed by atoms with Gasteiger partial charge in [0.2, 0.25) is 5.65 Å². The number of pyridine rings is 1. The lowest BCUT2D eigenvalue weighted by Gasteiger charge is -2.03. The highest BCUT2D eigenvalue weighted by Gasteiger charge is 2.11. The van der Waals surface area contributed by atoms with Crippen LogP contribution in [0.4, 0.5) is 0 Å². The van der Waals surface area contributed by atoms with Crippen molar-refractivity contribution in [3.63, 3.8) is 0 Å². The molecule has 0 aliphatic rings. The number of nitrogens with zero attached hydrogens (tertiary/aromatic N) is 3. The minimum atomic E-state index is 0.673. The van der Waals surface area contributed by atoms with Crippen LogP contribution in [0, 0.1) is 0 Å². The van der Waals surface area contributed by atoms with Gasteiger partial charge in [0.05, 0.1) is 7.11 Å². The van der Waals surface area contributed by atoms with Crippen LogP contribution in [0.15, 0.2) is 42.6 Å². The van der Waals surface area contributed by atoms with E-state index in [2.05, 4.69) is 10.2 Å². The monoisotopic (exact) mass is 259 g/mol. The summed E-state index contributed by atoms with van der Waals surface area (Å²) in [6, 6.07) is 11.3. The van der Waals surface area contributed by atoms with Crippen molar-refractivity contribution in [2.45, 2.75) is 0 Å². The van der Waals surface area contributed by atoms with Crippen LogP contribution in [0.3, 0.4) is 0 Å². The lowest BCUT2D eigenvalue weighted by molar-refractivity contribution is 0.417. The number of rotatable bonds is 2. The molecule has 4 nitrogen and oxygen atoms in total. The van der Waals surface area contributed by atoms with Crippen molar-refractivity contribution in [1.82, 2.24) is 14.6 Å². The van der Waals surface area contributed by atoms with Gasteiger partial charge in [0.1, 0.15) is 0 Å². The Morgan fingerprint density at radius 1 is 1.17 bits per heavy atom. The van der Waals surface area contributed by atoms with Gasteiger partial charge in [-0.1, -0.05) is 23.7 Å². The van der Waals surface area contributed by atoms with Crippen LogP contribution in [0.2, 0.25) is 5.02 Å². The van der Waals surface area contributed by atoms with Gasteiger partial charge >= 0.3 is 0 Å². The minimum Gasteiger partial charge on any atom is -0.493 e. The van der Waals surface area contributed by atoms with Gasteiger partial charge in [-0.05, 0) is 24.3 Å². The number of methoxy groups -OCH3 is 1. The highest BCUT2D eigenvalue weighted by molar-refractivity contribution is 6.30. The molecule has 90 valence electrons. The SMILES string of the molecule is COc1cccn2c(-c3cccc(Cl)c3)nnc12. The Hall–Kier alpha value is -2.07. The zero-order chi connectivity index (χ0) is 12.5. The highest BCUT2D eigenvalue weighted by Crippen LogP contribution is 2.25. The van der Waals surface area contributed by atoms with Crippen LogP contribution in [-0.4, -0.2) is 21.7 Å². The maximum Gasteiger partial charge on any atom is 0.203 e. The van der Waals surface area contributed by atoms with Gasteiger partial charge < -0.3 is 4.74 Å². The van der Waals surface area contributed by atoms with E-state index in [-0.39, 0.29) is 0 Å². The third-order valence-electron chi connectivity index (χ3n) is 2.70. The molecule has 0 aliphatic heterocycles. The summed E-state index contributed by atoms with van der Waals surface area (Å²) < 4.78 is 7.13. The fourth-order valence-corrected chi connectivity index (χ4v) is 2.07. The number of aromatic nitrogens is 3. The number of benzene rings is 1. The minimum absolute atomic E-state index is 0.673. The van der Waals surface area contributed by atoms with E-state index in [1.807, 2.05) is 47.0 Å². The summed E-state index contributed by atoms with van der Waals surface area (Å²) in [7, 11) is 1.61. The van der Waals surface area contributed by atoms with Crippen molar-refractivity contribution in [1.29, 1.82) is 0 Å². The van der Waals surface area contributed by atoms with Crippen LogP contribution in [0.5, 0.6) is 5.75 Å². The number of ether oxygens (including phenoxy) is 1. The molecule has 0 radical (unpaired) electrons. The Bertz CT molecular complexity index is 708. The zero-order valence-corrected chi connectivity index (χ0v) is 10.4. The second kappa shape index (κ2) is 4.31. The summed E-state index contributed by atoms with van der Waals surface area (Å²) in [5.74, 6) is 1.43. The fraction of sp³-hybridized carbons (Fsp3) is 0.0769. The molecule has 0 saturated carbocycles. The third kappa shape index (κ3) is 1.71. The van der Waals surface area contributed by atoms with Gasteiger partial charge in [-0.25, -0.2) is 0 Å². The van der Waals surface area contributed by atoms with E-state index in [9.17, 15) is 0 Å². The molecule has 0 atom stereocenters. The maximum atomic E-state index is 5.99. The van der Waals surface area contributed by atoms with Crippen molar-refractivity contribution in [2.75, 3.05) is 7.11 Å². The smallest absolute Gasteiger partial charge is 0.203 e. The molecule has 0 aliphatic carbocycles. The third-order valence-corrected chi connectivity index (χ3v) is 2.94. The van der Waals surface area contributed by atoms with Crippen LogP contribution in [0.25, 0.3) is 17.0 Å². The summed E-state index contributed by atoms with van der Waals surface area (Å²) in [5, 5.41) is 9.00. The average molecular weight is 260 g/mol. The van der Waals surface area contributed by atoms with Gasteiger partial charge in [0.15, 0.2) is 11.6 Å². The summed E-state index contributed by atoms with van der Waals surface area (Å²) in [4.78, 5) is 0. The molecule has 2 aromatic heterocycles. The largest absolute Gasteiger partial charge is 0.493 e. The Morgan fingerprint density at radius 3 is 2.83 bits per heavy atom. The van der Waals surface area contributed by atoms with Crippen LogP contribution < -0.4 is 4.74 Å². The molecule has 0 amide bonds. The Balaban J connectivity index is 2.25. The Morgan fingerprint density at radius 2 is 2.06 bits per heavy atom. The molecule has 5 heteroatoms. The van der Waals surface area contributed by atoms with Crippen molar-refractivity contribution in [3.05, 3.63) is 47.6 Å². The van der Waals surface area contributed by atoms with E-state index in [4.69, 9.17) is 16.3 Å². The van der Waals surface area contributed by atoms with E-state index in [1.165, 1.54) is 0 Å². The number of halogens is 1. The normalized spacial score (nSPS) is 10.8. The lowest BCUT2D eigenvalue weighted by atomic mass is 10.2. The number of hydrogen-bond donors (Lipinski definition) is 0. The van der Waals surface area contributed by atoms with E-state index >= 15 is 0 Å². The lowest BCUT2D eigenvalue weighted by Crippen LogP contribution is -1.91. The molecule has 0 bridgehead atoms. The highest BCUT2D eigenvalue weighted by atomic mass is 35.5. The van der Waals surface area contributed by atoms with Gasteiger partial charge in [-0.2, -0.15) is 0 Å². The summed E-state index contributed by atoms with van der Waals surface area (Å²) >= 11 is 5.99. The van der Waals surface area contributed by atoms with Gasteiger partial charge in [0.25, 0.3) is 0 Å². The second-order valence-electron chi connectivity index (χ2n) is 3.80. The molecule has 1 aromatic carbocycles.